The van der Waals surface area contributed by atoms with Gasteiger partial charge in [0, 0.05) is 42.4 Å². The average Bonchev–Trinajstić information content (AvgIpc) is 3.47. The number of carboxylic acids is 1. The summed E-state index contributed by atoms with van der Waals surface area (Å²) in [5, 5.41) is 23.5. The summed E-state index contributed by atoms with van der Waals surface area (Å²) in [7, 11) is -1.93. The number of alkyl halides is 3. The highest BCUT2D eigenvalue weighted by molar-refractivity contribution is 7.93. The number of fused-ring (bicyclic) bond motifs is 1. The first-order valence-corrected chi connectivity index (χ1v) is 20.3. The number of nitrogens with zero attached hydrogens (tertiary/aromatic N) is 5. The number of carbonyl (C=O) groups is 3. The Balaban J connectivity index is 0.000000768. The van der Waals surface area contributed by atoms with Gasteiger partial charge in [0.25, 0.3) is 15.9 Å². The Labute approximate surface area is 338 Å². The van der Waals surface area contributed by atoms with E-state index in [2.05, 4.69) is 26.6 Å². The summed E-state index contributed by atoms with van der Waals surface area (Å²) in [6.45, 7) is 6.97. The number of benzene rings is 2. The summed E-state index contributed by atoms with van der Waals surface area (Å²) in [6, 6.07) is 13.7. The number of hydrogen-bond acceptors (Lipinski definition) is 12. The molecule has 7 rings (SSSR count). The van der Waals surface area contributed by atoms with Crippen molar-refractivity contribution in [3.8, 4) is 23.4 Å². The van der Waals surface area contributed by atoms with Crippen molar-refractivity contribution < 1.29 is 55.3 Å². The lowest BCUT2D eigenvalue weighted by atomic mass is 9.71. The van der Waals surface area contributed by atoms with Gasteiger partial charge in [-0.3, -0.25) is 4.79 Å². The number of carboxylic acid groups (broad SMARTS) is 1. The summed E-state index contributed by atoms with van der Waals surface area (Å²) >= 11 is 0. The number of halogens is 3. The standard InChI is InChI=1S/C37H43N7O7S.C2HF3O2/c1-4-51-33-28(6-5-15-40-33)37(41-35(46)43-23-36(24-43)13-18-42(19-14-36)26-11-16-39-17-12-26)29-20-25(22-38)7-9-30(29)44(34(37)45)52(47,48)32-10-8-27(49-2)21-31(32)50-3;3-2(4,5)1(6)7/h5-10,15,20-21,26,39H,4,11-14,16-19,23-24H2,1-3H3,(H,41,46);(H,6,7). The number of likely N-dealkylation sites (tertiary alicyclic amines) is 2. The predicted octanol–water partition coefficient (Wildman–Crippen LogP) is 3.84. The van der Waals surface area contributed by atoms with Crippen LogP contribution in [0.1, 0.15) is 49.3 Å². The number of aliphatic carboxylic acids is 1. The van der Waals surface area contributed by atoms with Gasteiger partial charge < -0.3 is 39.8 Å². The van der Waals surface area contributed by atoms with Crippen LogP contribution in [0.25, 0.3) is 0 Å². The van der Waals surface area contributed by atoms with Gasteiger partial charge in [-0.15, -0.1) is 0 Å². The number of nitrogens with one attached hydrogen (secondary N) is 2. The molecule has 0 saturated carbocycles. The van der Waals surface area contributed by atoms with Crippen molar-refractivity contribution in [3.05, 3.63) is 71.4 Å². The number of urea groups is 1. The van der Waals surface area contributed by atoms with E-state index in [4.69, 9.17) is 24.1 Å². The molecule has 16 nitrogen and oxygen atoms in total. The second kappa shape index (κ2) is 16.9. The molecule has 0 bridgehead atoms. The maximum absolute atomic E-state index is 15.2. The molecule has 0 aliphatic carbocycles. The zero-order valence-corrected chi connectivity index (χ0v) is 33.4. The SMILES string of the molecule is CCOc1ncccc1C1(NC(=O)N2CC3(CCN(C4CCNCC4)CC3)C2)C(=O)N(S(=O)(=O)c2ccc(OC)cc2OC)c2ccc(C#N)cc21.O=C(O)C(F)(F)F. The van der Waals surface area contributed by atoms with Crippen molar-refractivity contribution in [2.24, 2.45) is 5.41 Å². The maximum Gasteiger partial charge on any atom is 0.490 e. The normalized spacial score (nSPS) is 20.4. The summed E-state index contributed by atoms with van der Waals surface area (Å²) in [4.78, 5) is 46.8. The molecule has 5 heterocycles. The van der Waals surface area contributed by atoms with Gasteiger partial charge in [0.15, 0.2) is 5.54 Å². The average molecular weight is 844 g/mol. The molecule has 3 saturated heterocycles. The number of piperidine rings is 2. The van der Waals surface area contributed by atoms with Crippen LogP contribution in [0.15, 0.2) is 59.6 Å². The second-order valence-corrected chi connectivity index (χ2v) is 16.3. The van der Waals surface area contributed by atoms with Crippen LogP contribution in [0.4, 0.5) is 23.7 Å². The molecule has 3 N–H and O–H groups in total. The fraction of sp³-hybridized carbons (Fsp3) is 0.462. The lowest BCUT2D eigenvalue weighted by Gasteiger charge is -2.55. The van der Waals surface area contributed by atoms with Crippen molar-refractivity contribution in [2.45, 2.75) is 55.3 Å². The Morgan fingerprint density at radius 2 is 1.73 bits per heavy atom. The van der Waals surface area contributed by atoms with Crippen molar-refractivity contribution in [1.29, 1.82) is 5.26 Å². The largest absolute Gasteiger partial charge is 0.497 e. The van der Waals surface area contributed by atoms with E-state index in [-0.39, 0.29) is 50.9 Å². The number of aromatic nitrogens is 1. The first kappa shape index (κ1) is 42.9. The number of sulfonamides is 1. The van der Waals surface area contributed by atoms with Crippen molar-refractivity contribution in [2.75, 3.05) is 64.4 Å². The highest BCUT2D eigenvalue weighted by Crippen LogP contribution is 2.50. The number of pyridine rings is 1. The number of methoxy groups -OCH3 is 2. The summed E-state index contributed by atoms with van der Waals surface area (Å²) in [5.41, 5.74) is -1.79. The third-order valence-corrected chi connectivity index (χ3v) is 12.9. The van der Waals surface area contributed by atoms with E-state index < -0.39 is 39.6 Å². The number of ether oxygens (including phenoxy) is 3. The maximum atomic E-state index is 15.2. The van der Waals surface area contributed by atoms with E-state index in [0.717, 1.165) is 51.9 Å². The Morgan fingerprint density at radius 3 is 2.32 bits per heavy atom. The fourth-order valence-electron chi connectivity index (χ4n) is 8.16. The number of rotatable bonds is 9. The van der Waals surface area contributed by atoms with Crippen LogP contribution >= 0.6 is 0 Å². The Bertz CT molecular complexity index is 2230. The van der Waals surface area contributed by atoms with Crippen LogP contribution in [0.3, 0.4) is 0 Å². The fourth-order valence-corrected chi connectivity index (χ4v) is 9.77. The first-order valence-electron chi connectivity index (χ1n) is 18.8. The van der Waals surface area contributed by atoms with E-state index >= 15 is 4.79 Å². The Kier molecular flexibility index (Phi) is 12.3. The number of hydrogen-bond donors (Lipinski definition) is 3. The third-order valence-electron chi connectivity index (χ3n) is 11.2. The molecule has 1 aromatic heterocycles. The van der Waals surface area contributed by atoms with Crippen molar-refractivity contribution >= 4 is 33.6 Å². The lowest BCUT2D eigenvalue weighted by Crippen LogP contribution is -2.67. The third kappa shape index (κ3) is 8.18. The Hall–Kier alpha value is -5.65. The van der Waals surface area contributed by atoms with E-state index in [9.17, 15) is 31.6 Å². The predicted molar refractivity (Wildman–Crippen MR) is 204 cm³/mol. The minimum Gasteiger partial charge on any atom is -0.497 e. The van der Waals surface area contributed by atoms with Crippen LogP contribution in [0, 0.1) is 16.7 Å². The minimum absolute atomic E-state index is 0.0232. The quantitative estimate of drug-likeness (QED) is 0.281. The molecule has 3 aromatic rings. The summed E-state index contributed by atoms with van der Waals surface area (Å²) in [6.07, 6.45) is 0.617. The van der Waals surface area contributed by atoms with Crippen LogP contribution in [-0.4, -0.2) is 119 Å². The molecule has 1 atom stereocenters. The van der Waals surface area contributed by atoms with Crippen molar-refractivity contribution in [3.63, 3.8) is 0 Å². The van der Waals surface area contributed by atoms with Gasteiger partial charge in [-0.1, -0.05) is 0 Å². The van der Waals surface area contributed by atoms with E-state index in [1.807, 2.05) is 0 Å². The number of nitriles is 1. The lowest BCUT2D eigenvalue weighted by molar-refractivity contribution is -0.192. The van der Waals surface area contributed by atoms with Crippen LogP contribution in [0.5, 0.6) is 17.4 Å². The molecule has 316 valence electrons. The molecular formula is C39H44F3N7O9S. The van der Waals surface area contributed by atoms with Crippen LogP contribution < -0.4 is 29.1 Å². The number of amides is 3. The zero-order chi connectivity index (χ0) is 42.8. The van der Waals surface area contributed by atoms with E-state index in [1.165, 1.54) is 56.8 Å². The molecule has 0 radical (unpaired) electrons. The molecule has 1 unspecified atom stereocenters. The minimum atomic E-state index is -5.08. The van der Waals surface area contributed by atoms with Gasteiger partial charge in [-0.05, 0) is 101 Å². The second-order valence-electron chi connectivity index (χ2n) is 14.6. The Morgan fingerprint density at radius 1 is 1.05 bits per heavy atom. The van der Waals surface area contributed by atoms with Crippen LogP contribution in [0.2, 0.25) is 0 Å². The summed E-state index contributed by atoms with van der Waals surface area (Å²) < 4.78 is 78.3. The molecule has 20 heteroatoms. The highest BCUT2D eigenvalue weighted by Gasteiger charge is 2.60. The van der Waals surface area contributed by atoms with Gasteiger partial charge in [-0.25, -0.2) is 23.0 Å². The van der Waals surface area contributed by atoms with Crippen molar-refractivity contribution in [1.82, 2.24) is 25.4 Å². The van der Waals surface area contributed by atoms with E-state index in [1.54, 1.807) is 24.0 Å². The molecule has 4 aliphatic rings. The van der Waals surface area contributed by atoms with Crippen LogP contribution in [-0.2, 0) is 25.2 Å². The zero-order valence-electron chi connectivity index (χ0n) is 32.5. The van der Waals surface area contributed by atoms with Gasteiger partial charge in [-0.2, -0.15) is 22.7 Å². The monoisotopic (exact) mass is 843 g/mol. The molecule has 59 heavy (non-hydrogen) atoms. The number of carbonyl (C=O) groups excluding carboxylic acids is 2. The van der Waals surface area contributed by atoms with Gasteiger partial charge >= 0.3 is 18.2 Å². The molecule has 3 amide bonds. The molecule has 2 aromatic carbocycles. The van der Waals surface area contributed by atoms with E-state index in [0.29, 0.717) is 29.2 Å². The van der Waals surface area contributed by atoms with Gasteiger partial charge in [0.1, 0.15) is 16.4 Å². The molecule has 4 aliphatic heterocycles. The smallest absolute Gasteiger partial charge is 0.490 e. The summed E-state index contributed by atoms with van der Waals surface area (Å²) in [5.74, 6) is -3.39. The molecule has 1 spiro atoms. The number of anilines is 1. The first-order chi connectivity index (χ1) is 28.0. The topological polar surface area (TPSA) is 204 Å². The van der Waals surface area contributed by atoms with Gasteiger partial charge in [0.05, 0.1) is 43.7 Å². The van der Waals surface area contributed by atoms with Gasteiger partial charge in [0.2, 0.25) is 5.88 Å². The highest BCUT2D eigenvalue weighted by atomic mass is 32.2. The molecular weight excluding hydrogens is 800 g/mol. The molecule has 3 fully saturated rings.